The molecule has 6 aromatic rings. The molecule has 0 unspecified atom stereocenters. The molecule has 0 N–H and O–H groups in total. The Morgan fingerprint density at radius 2 is 1.74 bits per heavy atom. The number of carbonyl (C=O) groups is 1. The van der Waals surface area contributed by atoms with Crippen LogP contribution in [0.25, 0.3) is 39.1 Å². The van der Waals surface area contributed by atoms with Crippen molar-refractivity contribution in [3.8, 4) is 33.9 Å². The summed E-state index contributed by atoms with van der Waals surface area (Å²) in [5.74, 6) is 1.08. The van der Waals surface area contributed by atoms with Gasteiger partial charge in [0.2, 0.25) is 0 Å². The Balaban J connectivity index is 1.41. The van der Waals surface area contributed by atoms with Crippen LogP contribution in [0.4, 0.5) is 0 Å². The third-order valence-corrected chi connectivity index (χ3v) is 7.31. The van der Waals surface area contributed by atoms with E-state index in [2.05, 4.69) is 27.2 Å². The number of para-hydroxylation sites is 1. The largest absolute Gasteiger partial charge is 0.460 e. The lowest BCUT2D eigenvalue weighted by molar-refractivity contribution is 0.0512. The average Bonchev–Trinajstić information content (AvgIpc) is 3.41. The Labute approximate surface area is 221 Å². The lowest BCUT2D eigenvalue weighted by Gasteiger charge is -2.20. The van der Waals surface area contributed by atoms with Gasteiger partial charge in [0.05, 0.1) is 27.5 Å². The van der Waals surface area contributed by atoms with Crippen LogP contribution in [0.15, 0.2) is 95.0 Å². The number of hydrogen-bond donors (Lipinski definition) is 0. The summed E-state index contributed by atoms with van der Waals surface area (Å²) in [7, 11) is 0. The van der Waals surface area contributed by atoms with Crippen LogP contribution in [-0.2, 0) is 4.74 Å². The maximum absolute atomic E-state index is 12.3. The number of esters is 1. The average molecular weight is 518 g/mol. The maximum atomic E-state index is 12.3. The second kappa shape index (κ2) is 8.97. The fraction of sp³-hybridized carbons (Fsp3) is 0.0690. The molecule has 0 atom stereocenters. The minimum absolute atomic E-state index is 0.0174. The van der Waals surface area contributed by atoms with Gasteiger partial charge in [-0.1, -0.05) is 54.2 Å². The van der Waals surface area contributed by atoms with Crippen LogP contribution in [0.5, 0.6) is 11.5 Å². The number of benzene rings is 3. The zero-order chi connectivity index (χ0) is 25.6. The first-order valence-electron chi connectivity index (χ1n) is 12.1. The van der Waals surface area contributed by atoms with Gasteiger partial charge in [-0.05, 0) is 54.4 Å². The first-order valence-corrected chi connectivity index (χ1v) is 12.9. The van der Waals surface area contributed by atoms with E-state index in [4.69, 9.17) is 14.5 Å². The van der Waals surface area contributed by atoms with Gasteiger partial charge in [0.15, 0.2) is 11.3 Å². The zero-order valence-corrected chi connectivity index (χ0v) is 21.0. The lowest BCUT2D eigenvalue weighted by Crippen LogP contribution is -2.06. The number of rotatable bonds is 4. The zero-order valence-electron chi connectivity index (χ0n) is 20.2. The van der Waals surface area contributed by atoms with Crippen LogP contribution in [0.3, 0.4) is 0 Å². The molecule has 0 fully saturated rings. The van der Waals surface area contributed by atoms with Gasteiger partial charge >= 0.3 is 5.97 Å². The van der Waals surface area contributed by atoms with Crippen LogP contribution in [-0.4, -0.2) is 37.1 Å². The fourth-order valence-corrected chi connectivity index (χ4v) is 5.48. The number of ether oxygens (including phenoxy) is 2. The van der Waals surface area contributed by atoms with Gasteiger partial charge in [-0.25, -0.2) is 24.3 Å². The molecule has 0 bridgehead atoms. The van der Waals surface area contributed by atoms with Crippen molar-refractivity contribution in [1.29, 1.82) is 0 Å². The minimum atomic E-state index is -0.578. The van der Waals surface area contributed by atoms with Gasteiger partial charge in [-0.3, -0.25) is 0 Å². The summed E-state index contributed by atoms with van der Waals surface area (Å²) in [6.45, 7) is 1.98. The number of hydrogen-bond acceptors (Lipinski definition) is 8. The van der Waals surface area contributed by atoms with E-state index >= 15 is 0 Å². The predicted molar refractivity (Wildman–Crippen MR) is 144 cm³/mol. The number of carbonyl (C=O) groups excluding carboxylic acids is 1. The van der Waals surface area contributed by atoms with E-state index < -0.39 is 5.97 Å². The molecular weight excluding hydrogens is 498 g/mol. The SMILES string of the molecule is CCOC(=O)c1nc2c3c(-c4ccccc4)cc(-c4ccc5c(c4)Sc4ccccc4O5)nc3ncn2n1. The summed E-state index contributed by atoms with van der Waals surface area (Å²) < 4.78 is 12.7. The predicted octanol–water partition coefficient (Wildman–Crippen LogP) is 6.44. The third-order valence-electron chi connectivity index (χ3n) is 6.22. The molecule has 0 saturated carbocycles. The molecule has 184 valence electrons. The van der Waals surface area contributed by atoms with Gasteiger partial charge in [0.1, 0.15) is 17.8 Å². The quantitative estimate of drug-likeness (QED) is 0.246. The van der Waals surface area contributed by atoms with Gasteiger partial charge in [-0.2, -0.15) is 0 Å². The van der Waals surface area contributed by atoms with Crippen LogP contribution in [0.1, 0.15) is 17.5 Å². The second-order valence-corrected chi connectivity index (χ2v) is 9.68. The summed E-state index contributed by atoms with van der Waals surface area (Å²) in [5.41, 5.74) is 4.56. The highest BCUT2D eigenvalue weighted by Gasteiger charge is 2.22. The van der Waals surface area contributed by atoms with Crippen molar-refractivity contribution in [3.63, 3.8) is 0 Å². The van der Waals surface area contributed by atoms with Crippen molar-refractivity contribution in [2.24, 2.45) is 0 Å². The van der Waals surface area contributed by atoms with Crippen LogP contribution in [0, 0.1) is 0 Å². The molecule has 3 aromatic heterocycles. The van der Waals surface area contributed by atoms with Crippen molar-refractivity contribution < 1.29 is 14.3 Å². The molecule has 38 heavy (non-hydrogen) atoms. The molecule has 0 saturated heterocycles. The molecular formula is C29H19N5O3S. The summed E-state index contributed by atoms with van der Waals surface area (Å²) in [6, 6.07) is 26.1. The van der Waals surface area contributed by atoms with Crippen LogP contribution < -0.4 is 4.74 Å². The molecule has 0 amide bonds. The Kier molecular flexibility index (Phi) is 5.29. The lowest BCUT2D eigenvalue weighted by atomic mass is 10.00. The van der Waals surface area contributed by atoms with E-state index in [0.717, 1.165) is 43.7 Å². The van der Waals surface area contributed by atoms with Gasteiger partial charge < -0.3 is 9.47 Å². The Bertz CT molecular complexity index is 1870. The normalized spacial score (nSPS) is 12.1. The summed E-state index contributed by atoms with van der Waals surface area (Å²) in [6.07, 6.45) is 1.52. The first kappa shape index (κ1) is 22.4. The Hall–Kier alpha value is -4.76. The Morgan fingerprint density at radius 1 is 0.921 bits per heavy atom. The van der Waals surface area contributed by atoms with E-state index in [1.807, 2.05) is 66.7 Å². The van der Waals surface area contributed by atoms with Crippen molar-refractivity contribution >= 4 is 34.4 Å². The molecule has 4 heterocycles. The minimum Gasteiger partial charge on any atom is -0.460 e. The number of aromatic nitrogens is 5. The number of nitrogens with zero attached hydrogens (tertiary/aromatic N) is 5. The molecule has 1 aliphatic rings. The summed E-state index contributed by atoms with van der Waals surface area (Å²) in [4.78, 5) is 28.4. The Morgan fingerprint density at radius 3 is 2.61 bits per heavy atom. The van der Waals surface area contributed by atoms with Gasteiger partial charge in [-0.15, -0.1) is 5.10 Å². The van der Waals surface area contributed by atoms with Crippen molar-refractivity contribution in [2.45, 2.75) is 16.7 Å². The topological polar surface area (TPSA) is 91.5 Å². The van der Waals surface area contributed by atoms with E-state index in [0.29, 0.717) is 16.7 Å². The second-order valence-electron chi connectivity index (χ2n) is 8.60. The maximum Gasteiger partial charge on any atom is 0.378 e. The molecule has 7 rings (SSSR count). The van der Waals surface area contributed by atoms with E-state index in [1.165, 1.54) is 10.8 Å². The molecule has 9 heteroatoms. The van der Waals surface area contributed by atoms with E-state index in [9.17, 15) is 4.79 Å². The monoisotopic (exact) mass is 517 g/mol. The molecule has 0 radical (unpaired) electrons. The van der Waals surface area contributed by atoms with Gasteiger partial charge in [0.25, 0.3) is 5.82 Å². The van der Waals surface area contributed by atoms with Gasteiger partial charge in [0, 0.05) is 5.56 Å². The van der Waals surface area contributed by atoms with Crippen molar-refractivity contribution in [1.82, 2.24) is 24.6 Å². The third kappa shape index (κ3) is 3.75. The molecule has 0 aliphatic carbocycles. The highest BCUT2D eigenvalue weighted by atomic mass is 32.2. The number of fused-ring (bicyclic) bond motifs is 5. The smallest absolute Gasteiger partial charge is 0.378 e. The standard InChI is InChI=1S/C29H19N5O3S/c1-2-36-29(35)27-32-28-25-19(17-8-4-3-5-9-17)15-20(31-26(25)30-16-34(28)33-27)18-12-13-22-24(14-18)38-23-11-7-6-10-21(23)37-22/h3-16H,2H2,1H3. The summed E-state index contributed by atoms with van der Waals surface area (Å²) >= 11 is 1.67. The molecule has 3 aromatic carbocycles. The summed E-state index contributed by atoms with van der Waals surface area (Å²) in [5, 5.41) is 4.99. The molecule has 8 nitrogen and oxygen atoms in total. The highest BCUT2D eigenvalue weighted by Crippen LogP contribution is 2.48. The van der Waals surface area contributed by atoms with E-state index in [1.54, 1.807) is 18.7 Å². The van der Waals surface area contributed by atoms with Crippen molar-refractivity contribution in [3.05, 3.63) is 91.0 Å². The molecule has 1 aliphatic heterocycles. The van der Waals surface area contributed by atoms with Crippen molar-refractivity contribution in [2.75, 3.05) is 6.61 Å². The van der Waals surface area contributed by atoms with Crippen LogP contribution in [0.2, 0.25) is 0 Å². The van der Waals surface area contributed by atoms with E-state index in [-0.39, 0.29) is 12.4 Å². The highest BCUT2D eigenvalue weighted by molar-refractivity contribution is 7.99. The fourth-order valence-electron chi connectivity index (χ4n) is 4.49. The first-order chi connectivity index (χ1) is 18.7. The molecule has 0 spiro atoms. The number of pyridine rings is 1. The van der Waals surface area contributed by atoms with Crippen LogP contribution >= 0.6 is 11.8 Å².